The Hall–Kier alpha value is -6.80. The molecule has 0 aliphatic heterocycles. The van der Waals surface area contributed by atoms with Gasteiger partial charge >= 0.3 is 0 Å². The summed E-state index contributed by atoms with van der Waals surface area (Å²) in [5.74, 6) is 2.86. The molecule has 0 saturated heterocycles. The summed E-state index contributed by atoms with van der Waals surface area (Å²) in [6, 6.07) is 44.5. The van der Waals surface area contributed by atoms with Crippen molar-refractivity contribution in [3.63, 3.8) is 0 Å². The maximum absolute atomic E-state index is 10.6. The first-order chi connectivity index (χ1) is 24.5. The number of aryl methyl sites for hydroxylation is 1. The molecule has 4 nitrogen and oxygen atoms in total. The molecule has 0 N–H and O–H groups in total. The fraction of sp³-hybridized carbons (Fsp3) is 0.0870. The quantitative estimate of drug-likeness (QED) is 0.176. The van der Waals surface area contributed by atoms with E-state index in [1.807, 2.05) is 36.4 Å². The van der Waals surface area contributed by atoms with E-state index in [1.165, 1.54) is 0 Å². The Kier molecular flexibility index (Phi) is 7.53. The lowest BCUT2D eigenvalue weighted by atomic mass is 9.79. The number of hydrogen-bond acceptors (Lipinski definition) is 2. The van der Waals surface area contributed by atoms with E-state index >= 15 is 0 Å². The Balaban J connectivity index is 1.31. The highest BCUT2D eigenvalue weighted by Crippen LogP contribution is 2.44. The summed E-state index contributed by atoms with van der Waals surface area (Å²) in [5.41, 5.74) is 12.7. The van der Waals surface area contributed by atoms with Crippen molar-refractivity contribution >= 4 is 49.9 Å². The van der Waals surface area contributed by atoms with E-state index in [9.17, 15) is 10.5 Å². The lowest BCUT2D eigenvalue weighted by Gasteiger charge is -2.26. The third kappa shape index (κ3) is 4.77. The molecule has 50 heavy (non-hydrogen) atoms. The van der Waals surface area contributed by atoms with E-state index in [-0.39, 0.29) is 5.92 Å². The predicted molar refractivity (Wildman–Crippen MR) is 206 cm³/mol. The third-order valence-electron chi connectivity index (χ3n) is 9.86. The lowest BCUT2D eigenvalue weighted by molar-refractivity contribution is 0.725. The van der Waals surface area contributed by atoms with Crippen LogP contribution in [0.4, 0.5) is 0 Å². The highest BCUT2D eigenvalue weighted by Gasteiger charge is 2.26. The van der Waals surface area contributed by atoms with Crippen LogP contribution < -0.4 is 0 Å². The molecule has 5 aromatic carbocycles. The minimum absolute atomic E-state index is 0.195. The Morgan fingerprint density at radius 2 is 1.42 bits per heavy atom. The SMILES string of the molecule is C#C/C=C\c1c(C)c2ccccc2n1-c1ccccc1C1=C(C#N)CC(C)C=C1c1ccc(-n2c3ccccc3c3c(C#N)cccc32)cc1. The fourth-order valence-electron chi connectivity index (χ4n) is 7.73. The van der Waals surface area contributed by atoms with Gasteiger partial charge in [-0.3, -0.25) is 0 Å². The number of rotatable bonds is 5. The molecule has 0 radical (unpaired) electrons. The molecule has 0 spiro atoms. The summed E-state index contributed by atoms with van der Waals surface area (Å²) >= 11 is 0. The molecular formula is C46H32N4. The van der Waals surface area contributed by atoms with Crippen molar-refractivity contribution in [3.05, 3.63) is 161 Å². The molecule has 236 valence electrons. The van der Waals surface area contributed by atoms with Gasteiger partial charge in [-0.1, -0.05) is 91.7 Å². The molecule has 0 saturated carbocycles. The van der Waals surface area contributed by atoms with Gasteiger partial charge in [-0.25, -0.2) is 0 Å². The Morgan fingerprint density at radius 1 is 0.740 bits per heavy atom. The smallest absolute Gasteiger partial charge is 0.0998 e. The van der Waals surface area contributed by atoms with Gasteiger partial charge in [-0.15, -0.1) is 6.42 Å². The highest BCUT2D eigenvalue weighted by atomic mass is 15.0. The van der Waals surface area contributed by atoms with Crippen LogP contribution in [-0.4, -0.2) is 9.13 Å². The van der Waals surface area contributed by atoms with Crippen molar-refractivity contribution in [1.82, 2.24) is 9.13 Å². The van der Waals surface area contributed by atoms with E-state index in [2.05, 4.69) is 132 Å². The van der Waals surface area contributed by atoms with Crippen LogP contribution >= 0.6 is 0 Å². The van der Waals surface area contributed by atoms with Crippen molar-refractivity contribution in [2.75, 3.05) is 0 Å². The molecular weight excluding hydrogens is 609 g/mol. The van der Waals surface area contributed by atoms with E-state index in [0.717, 1.165) is 83.2 Å². The molecule has 0 bridgehead atoms. The monoisotopic (exact) mass is 640 g/mol. The standard InChI is InChI=1S/C46H32N4/c1-4-5-17-40-31(3)36-14-6-9-18-41(36)50(40)43-20-11-7-15-37(43)45-34(29-48)26-30(2)27-39(45)32-22-24-35(25-23-32)49-42-19-10-8-16-38(42)46-33(28-47)13-12-21-44(46)49/h1,5-25,27,30H,26H2,2-3H3/b17-5-. The zero-order chi connectivity index (χ0) is 34.4. The molecule has 1 unspecified atom stereocenters. The topological polar surface area (TPSA) is 57.4 Å². The van der Waals surface area contributed by atoms with Crippen LogP contribution in [0.5, 0.6) is 0 Å². The van der Waals surface area contributed by atoms with Crippen LogP contribution in [0, 0.1) is 47.8 Å². The largest absolute Gasteiger partial charge is 0.309 e. The number of hydrogen-bond donors (Lipinski definition) is 0. The molecule has 2 heterocycles. The molecule has 7 aromatic rings. The van der Waals surface area contributed by atoms with E-state index in [1.54, 1.807) is 6.08 Å². The maximum Gasteiger partial charge on any atom is 0.0998 e. The van der Waals surface area contributed by atoms with Gasteiger partial charge in [-0.05, 0) is 90.6 Å². The average molecular weight is 641 g/mol. The van der Waals surface area contributed by atoms with Crippen molar-refractivity contribution in [2.45, 2.75) is 20.3 Å². The minimum Gasteiger partial charge on any atom is -0.309 e. The van der Waals surface area contributed by atoms with Crippen LogP contribution in [-0.2, 0) is 0 Å². The molecule has 0 fully saturated rings. The maximum atomic E-state index is 10.6. The number of nitrogens with zero attached hydrogens (tertiary/aromatic N) is 4. The third-order valence-corrected chi connectivity index (χ3v) is 9.86. The minimum atomic E-state index is 0.195. The number of aromatic nitrogens is 2. The second kappa shape index (κ2) is 12.3. The van der Waals surface area contributed by atoms with Gasteiger partial charge in [0.05, 0.1) is 45.6 Å². The van der Waals surface area contributed by atoms with Crippen LogP contribution in [0.1, 0.15) is 41.3 Å². The van der Waals surface area contributed by atoms with E-state index < -0.39 is 0 Å². The van der Waals surface area contributed by atoms with Gasteiger partial charge in [0.1, 0.15) is 0 Å². The Bertz CT molecular complexity index is 2720. The normalized spacial score (nSPS) is 14.6. The molecule has 1 atom stereocenters. The molecule has 0 amide bonds. The first-order valence-corrected chi connectivity index (χ1v) is 16.7. The van der Waals surface area contributed by atoms with Crippen molar-refractivity contribution in [3.8, 4) is 35.9 Å². The summed E-state index contributed by atoms with van der Waals surface area (Å²) in [6.45, 7) is 4.30. The van der Waals surface area contributed by atoms with Gasteiger partial charge in [-0.2, -0.15) is 10.5 Å². The first kappa shape index (κ1) is 30.5. The Labute approximate surface area is 291 Å². The summed E-state index contributed by atoms with van der Waals surface area (Å²) < 4.78 is 4.50. The van der Waals surface area contributed by atoms with Gasteiger partial charge < -0.3 is 9.13 Å². The number of terminal acetylenes is 1. The number of fused-ring (bicyclic) bond motifs is 4. The second-order valence-corrected chi connectivity index (χ2v) is 12.8. The first-order valence-electron chi connectivity index (χ1n) is 16.7. The van der Waals surface area contributed by atoms with Gasteiger partial charge in [0.2, 0.25) is 0 Å². The molecule has 2 aromatic heterocycles. The second-order valence-electron chi connectivity index (χ2n) is 12.8. The summed E-state index contributed by atoms with van der Waals surface area (Å²) in [4.78, 5) is 0. The molecule has 4 heteroatoms. The predicted octanol–water partition coefficient (Wildman–Crippen LogP) is 11.0. The zero-order valence-electron chi connectivity index (χ0n) is 27.9. The van der Waals surface area contributed by atoms with Crippen LogP contribution in [0.25, 0.3) is 61.3 Å². The van der Waals surface area contributed by atoms with Crippen molar-refractivity contribution in [1.29, 1.82) is 10.5 Å². The number of benzene rings is 5. The average Bonchev–Trinajstić information content (AvgIpc) is 3.65. The molecule has 8 rings (SSSR count). The van der Waals surface area contributed by atoms with Crippen LogP contribution in [0.3, 0.4) is 0 Å². The Morgan fingerprint density at radius 3 is 2.16 bits per heavy atom. The highest BCUT2D eigenvalue weighted by molar-refractivity contribution is 6.12. The molecule has 1 aliphatic carbocycles. The summed E-state index contributed by atoms with van der Waals surface area (Å²) in [6.07, 6.45) is 12.4. The lowest BCUT2D eigenvalue weighted by Crippen LogP contribution is -2.09. The summed E-state index contributed by atoms with van der Waals surface area (Å²) in [5, 5.41) is 23.7. The van der Waals surface area contributed by atoms with Gasteiger partial charge in [0.25, 0.3) is 0 Å². The van der Waals surface area contributed by atoms with E-state index in [0.29, 0.717) is 12.0 Å². The summed E-state index contributed by atoms with van der Waals surface area (Å²) in [7, 11) is 0. The van der Waals surface area contributed by atoms with Crippen molar-refractivity contribution < 1.29 is 0 Å². The van der Waals surface area contributed by atoms with Crippen molar-refractivity contribution in [2.24, 2.45) is 5.92 Å². The number of nitriles is 2. The molecule has 1 aliphatic rings. The zero-order valence-corrected chi connectivity index (χ0v) is 27.9. The van der Waals surface area contributed by atoms with Gasteiger partial charge in [0.15, 0.2) is 0 Å². The van der Waals surface area contributed by atoms with Gasteiger partial charge in [0, 0.05) is 38.6 Å². The number of para-hydroxylation sites is 3. The van der Waals surface area contributed by atoms with E-state index in [4.69, 9.17) is 6.42 Å². The van der Waals surface area contributed by atoms with Crippen LogP contribution in [0.15, 0.2) is 133 Å². The fourth-order valence-corrected chi connectivity index (χ4v) is 7.73. The number of allylic oxidation sites excluding steroid dienone is 5. The van der Waals surface area contributed by atoms with Crippen LogP contribution in [0.2, 0.25) is 0 Å².